The Kier molecular flexibility index (Phi) is 7.40. The molecular formula is C27H33N3O5. The van der Waals surface area contributed by atoms with Crippen LogP contribution in [0.3, 0.4) is 0 Å². The minimum absolute atomic E-state index is 0.0354. The Bertz CT molecular complexity index is 1080. The number of hydrogen-bond acceptors (Lipinski definition) is 5. The first kappa shape index (κ1) is 24.7. The minimum Gasteiger partial charge on any atom is -0.497 e. The van der Waals surface area contributed by atoms with E-state index in [1.54, 1.807) is 41.2 Å². The van der Waals surface area contributed by atoms with E-state index in [0.717, 1.165) is 12.0 Å². The summed E-state index contributed by atoms with van der Waals surface area (Å²) in [5, 5.41) is 2.91. The van der Waals surface area contributed by atoms with Crippen LogP contribution in [0.4, 0.5) is 0 Å². The van der Waals surface area contributed by atoms with Gasteiger partial charge in [-0.15, -0.1) is 0 Å². The lowest BCUT2D eigenvalue weighted by atomic mass is 9.96. The van der Waals surface area contributed by atoms with Gasteiger partial charge in [-0.05, 0) is 49.7 Å². The van der Waals surface area contributed by atoms with Crippen LogP contribution in [0, 0.1) is 6.92 Å². The zero-order chi connectivity index (χ0) is 25.0. The van der Waals surface area contributed by atoms with E-state index in [4.69, 9.17) is 9.47 Å². The van der Waals surface area contributed by atoms with Gasteiger partial charge in [0.2, 0.25) is 5.91 Å². The van der Waals surface area contributed by atoms with Crippen molar-refractivity contribution < 1.29 is 23.9 Å². The summed E-state index contributed by atoms with van der Waals surface area (Å²) in [6, 6.07) is 13.7. The van der Waals surface area contributed by atoms with E-state index in [0.29, 0.717) is 49.4 Å². The Hall–Kier alpha value is -3.39. The van der Waals surface area contributed by atoms with E-state index in [9.17, 15) is 14.4 Å². The third-order valence-corrected chi connectivity index (χ3v) is 6.77. The van der Waals surface area contributed by atoms with Crippen LogP contribution >= 0.6 is 0 Å². The number of ether oxygens (including phenoxy) is 2. The molecule has 0 bridgehead atoms. The standard InChI is InChI=1S/C27H33N3O5/c1-4-14-28-24(31)23-18-35-27(30(23)26(33)20-8-10-22(34-3)11-9-20)12-15-29(16-13-27)25(32)21-7-5-6-19(2)17-21/h5-11,17,23H,4,12-16,18H2,1-3H3,(H,28,31). The zero-order valence-corrected chi connectivity index (χ0v) is 20.6. The molecule has 0 aromatic heterocycles. The number of likely N-dealkylation sites (tertiary alicyclic amines) is 1. The van der Waals surface area contributed by atoms with Crippen molar-refractivity contribution in [3.63, 3.8) is 0 Å². The third kappa shape index (κ3) is 5.03. The summed E-state index contributed by atoms with van der Waals surface area (Å²) in [7, 11) is 1.57. The van der Waals surface area contributed by atoms with Gasteiger partial charge in [0.25, 0.3) is 11.8 Å². The molecular weight excluding hydrogens is 446 g/mol. The Labute approximate surface area is 206 Å². The maximum Gasteiger partial charge on any atom is 0.256 e. The molecule has 1 spiro atoms. The number of carbonyl (C=O) groups excluding carboxylic acids is 3. The molecule has 0 aliphatic carbocycles. The Balaban J connectivity index is 1.56. The van der Waals surface area contributed by atoms with E-state index in [-0.39, 0.29) is 24.3 Å². The van der Waals surface area contributed by atoms with Crippen molar-refractivity contribution >= 4 is 17.7 Å². The van der Waals surface area contributed by atoms with Gasteiger partial charge < -0.3 is 19.7 Å². The number of methoxy groups -OCH3 is 1. The average Bonchev–Trinajstić information content (AvgIpc) is 3.25. The van der Waals surface area contributed by atoms with E-state index in [1.165, 1.54) is 0 Å². The van der Waals surface area contributed by atoms with E-state index >= 15 is 0 Å². The summed E-state index contributed by atoms with van der Waals surface area (Å²) in [6.45, 7) is 5.47. The lowest BCUT2D eigenvalue weighted by Crippen LogP contribution is -2.59. The SMILES string of the molecule is CCCNC(=O)C1COC2(CCN(C(=O)c3cccc(C)c3)CC2)N1C(=O)c1ccc(OC)cc1. The number of nitrogens with zero attached hydrogens (tertiary/aromatic N) is 2. The molecule has 8 nitrogen and oxygen atoms in total. The number of benzene rings is 2. The lowest BCUT2D eigenvalue weighted by molar-refractivity contribution is -0.128. The second-order valence-corrected chi connectivity index (χ2v) is 9.13. The van der Waals surface area contributed by atoms with Gasteiger partial charge in [-0.2, -0.15) is 0 Å². The number of hydrogen-bond donors (Lipinski definition) is 1. The quantitative estimate of drug-likeness (QED) is 0.688. The van der Waals surface area contributed by atoms with Crippen molar-refractivity contribution in [1.82, 2.24) is 15.1 Å². The Morgan fingerprint density at radius 1 is 1.06 bits per heavy atom. The van der Waals surface area contributed by atoms with E-state index in [2.05, 4.69) is 5.32 Å². The van der Waals surface area contributed by atoms with Gasteiger partial charge in [-0.25, -0.2) is 0 Å². The third-order valence-electron chi connectivity index (χ3n) is 6.77. The van der Waals surface area contributed by atoms with E-state index < -0.39 is 11.8 Å². The molecule has 2 heterocycles. The van der Waals surface area contributed by atoms with Crippen LogP contribution in [0.1, 0.15) is 52.5 Å². The van der Waals surface area contributed by atoms with E-state index in [1.807, 2.05) is 38.1 Å². The van der Waals surface area contributed by atoms with Gasteiger partial charge >= 0.3 is 0 Å². The molecule has 2 aliphatic rings. The van der Waals surface area contributed by atoms with Gasteiger partial charge in [0, 0.05) is 43.6 Å². The molecule has 0 radical (unpaired) electrons. The fraction of sp³-hybridized carbons (Fsp3) is 0.444. The smallest absolute Gasteiger partial charge is 0.256 e. The molecule has 35 heavy (non-hydrogen) atoms. The van der Waals surface area contributed by atoms with Gasteiger partial charge in [0.1, 0.15) is 17.5 Å². The summed E-state index contributed by atoms with van der Waals surface area (Å²) in [5.74, 6) is 0.130. The highest BCUT2D eigenvalue weighted by Gasteiger charge is 2.54. The Morgan fingerprint density at radius 3 is 2.40 bits per heavy atom. The summed E-state index contributed by atoms with van der Waals surface area (Å²) < 4.78 is 11.4. The molecule has 1 N–H and O–H groups in total. The molecule has 186 valence electrons. The highest BCUT2D eigenvalue weighted by molar-refractivity contribution is 5.99. The summed E-state index contributed by atoms with van der Waals surface area (Å²) in [6.07, 6.45) is 1.67. The first-order chi connectivity index (χ1) is 16.9. The maximum absolute atomic E-state index is 13.7. The summed E-state index contributed by atoms with van der Waals surface area (Å²) >= 11 is 0. The molecule has 1 unspecified atom stereocenters. The van der Waals surface area contributed by atoms with Gasteiger partial charge in [0.15, 0.2) is 0 Å². The first-order valence-electron chi connectivity index (χ1n) is 12.1. The first-order valence-corrected chi connectivity index (χ1v) is 12.1. The topological polar surface area (TPSA) is 88.2 Å². The van der Waals surface area contributed by atoms with Crippen LogP contribution in [-0.4, -0.2) is 72.6 Å². The molecule has 2 fully saturated rings. The minimum atomic E-state index is -0.936. The van der Waals surface area contributed by atoms with Crippen molar-refractivity contribution in [2.24, 2.45) is 0 Å². The molecule has 4 rings (SSSR count). The van der Waals surface area contributed by atoms with Crippen LogP contribution < -0.4 is 10.1 Å². The lowest BCUT2D eigenvalue weighted by Gasteiger charge is -2.44. The maximum atomic E-state index is 13.7. The number of amides is 3. The van der Waals surface area contributed by atoms with Crippen LogP contribution in [0.5, 0.6) is 5.75 Å². The normalized spacial score (nSPS) is 19.0. The van der Waals surface area contributed by atoms with Gasteiger partial charge in [0.05, 0.1) is 13.7 Å². The number of aryl methyl sites for hydroxylation is 1. The monoisotopic (exact) mass is 479 g/mol. The van der Waals surface area contributed by atoms with Crippen LogP contribution in [0.2, 0.25) is 0 Å². The zero-order valence-electron chi connectivity index (χ0n) is 20.6. The molecule has 8 heteroatoms. The van der Waals surface area contributed by atoms with Crippen LogP contribution in [0.15, 0.2) is 48.5 Å². The number of rotatable bonds is 6. The van der Waals surface area contributed by atoms with Gasteiger partial charge in [-0.1, -0.05) is 24.6 Å². The molecule has 2 aliphatic heterocycles. The average molecular weight is 480 g/mol. The molecule has 2 aromatic rings. The molecule has 2 saturated heterocycles. The van der Waals surface area contributed by atoms with Crippen molar-refractivity contribution in [3.8, 4) is 5.75 Å². The van der Waals surface area contributed by atoms with Gasteiger partial charge in [-0.3, -0.25) is 19.3 Å². The summed E-state index contributed by atoms with van der Waals surface area (Å²) in [5.41, 5.74) is 1.20. The predicted molar refractivity (Wildman–Crippen MR) is 131 cm³/mol. The molecule has 1 atom stereocenters. The largest absolute Gasteiger partial charge is 0.497 e. The van der Waals surface area contributed by atoms with Crippen LogP contribution in [-0.2, 0) is 9.53 Å². The number of carbonyl (C=O) groups is 3. The van der Waals surface area contributed by atoms with Crippen LogP contribution in [0.25, 0.3) is 0 Å². The number of nitrogens with one attached hydrogen (secondary N) is 1. The highest BCUT2D eigenvalue weighted by Crippen LogP contribution is 2.39. The Morgan fingerprint density at radius 2 is 1.77 bits per heavy atom. The second-order valence-electron chi connectivity index (χ2n) is 9.13. The molecule has 2 aromatic carbocycles. The van der Waals surface area contributed by atoms with Crippen molar-refractivity contribution in [2.75, 3.05) is 33.4 Å². The van der Waals surface area contributed by atoms with Crippen molar-refractivity contribution in [2.45, 2.75) is 44.9 Å². The summed E-state index contributed by atoms with van der Waals surface area (Å²) in [4.78, 5) is 43.2. The second kappa shape index (κ2) is 10.5. The van der Waals surface area contributed by atoms with Crippen molar-refractivity contribution in [3.05, 3.63) is 65.2 Å². The fourth-order valence-electron chi connectivity index (χ4n) is 4.83. The molecule has 0 saturated carbocycles. The molecule has 3 amide bonds. The predicted octanol–water partition coefficient (Wildman–Crippen LogP) is 3.00. The number of piperidine rings is 1. The fourth-order valence-corrected chi connectivity index (χ4v) is 4.83. The highest BCUT2D eigenvalue weighted by atomic mass is 16.5. The van der Waals surface area contributed by atoms with Crippen molar-refractivity contribution in [1.29, 1.82) is 0 Å².